The van der Waals surface area contributed by atoms with E-state index in [1.165, 1.54) is 13.3 Å². The monoisotopic (exact) mass is 375 g/mol. The number of nitrogens with one attached hydrogen (secondary N) is 2. The largest absolute Gasteiger partial charge is 0.465 e. The molecular weight excluding hydrogens is 354 g/mol. The second-order valence-corrected chi connectivity index (χ2v) is 6.93. The predicted molar refractivity (Wildman–Crippen MR) is 96.7 cm³/mol. The van der Waals surface area contributed by atoms with E-state index in [0.717, 1.165) is 5.57 Å². The Balaban J connectivity index is 1.92. The summed E-state index contributed by atoms with van der Waals surface area (Å²) in [5, 5.41) is 12.2. The molecule has 0 saturated heterocycles. The number of fused-ring (bicyclic) bond motifs is 1. The Morgan fingerprint density at radius 1 is 1.52 bits per heavy atom. The zero-order chi connectivity index (χ0) is 19.8. The van der Waals surface area contributed by atoms with Crippen LogP contribution in [0.5, 0.6) is 0 Å². The first-order chi connectivity index (χ1) is 12.8. The van der Waals surface area contributed by atoms with Crippen LogP contribution in [-0.4, -0.2) is 49.7 Å². The predicted octanol–water partition coefficient (Wildman–Crippen LogP) is 0.501. The van der Waals surface area contributed by atoms with Crippen LogP contribution in [0.1, 0.15) is 27.2 Å². The van der Waals surface area contributed by atoms with E-state index in [-0.39, 0.29) is 42.2 Å². The number of aromatic nitrogens is 4. The van der Waals surface area contributed by atoms with Crippen molar-refractivity contribution in [2.45, 2.75) is 27.2 Å². The smallest absolute Gasteiger partial charge is 0.302 e. The molecule has 10 heteroatoms. The molecule has 0 radical (unpaired) electrons. The highest BCUT2D eigenvalue weighted by Crippen LogP contribution is 2.52. The van der Waals surface area contributed by atoms with Crippen molar-refractivity contribution in [2.24, 2.45) is 11.3 Å². The zero-order valence-corrected chi connectivity index (χ0v) is 15.3. The van der Waals surface area contributed by atoms with E-state index in [1.807, 2.05) is 0 Å². The van der Waals surface area contributed by atoms with Crippen molar-refractivity contribution in [3.05, 3.63) is 22.3 Å². The number of rotatable bonds is 6. The summed E-state index contributed by atoms with van der Waals surface area (Å²) in [6.45, 7) is 4.68. The van der Waals surface area contributed by atoms with Gasteiger partial charge in [0.05, 0.1) is 12.0 Å². The normalized spacial score (nSPS) is 20.3. The molecule has 3 rings (SSSR count). The van der Waals surface area contributed by atoms with Gasteiger partial charge in [0.2, 0.25) is 11.9 Å². The summed E-state index contributed by atoms with van der Waals surface area (Å²) < 4.78 is 6.57. The van der Waals surface area contributed by atoms with Gasteiger partial charge in [-0.3, -0.25) is 29.3 Å². The fraction of sp³-hybridized carbons (Fsp3) is 0.471. The number of amides is 1. The van der Waals surface area contributed by atoms with Crippen LogP contribution in [0.25, 0.3) is 17.4 Å². The van der Waals surface area contributed by atoms with Crippen LogP contribution in [0.2, 0.25) is 0 Å². The fourth-order valence-corrected chi connectivity index (χ4v) is 2.60. The summed E-state index contributed by atoms with van der Waals surface area (Å²) >= 11 is 0. The summed E-state index contributed by atoms with van der Waals surface area (Å²) in [6.07, 6.45) is 3.69. The molecule has 0 aromatic carbocycles. The summed E-state index contributed by atoms with van der Waals surface area (Å²) in [6, 6.07) is 0. The first-order valence-electron chi connectivity index (χ1n) is 8.49. The molecule has 1 amide bonds. The van der Waals surface area contributed by atoms with Crippen molar-refractivity contribution in [3.63, 3.8) is 0 Å². The molecule has 1 aliphatic carbocycles. The molecule has 0 spiro atoms. The fourth-order valence-electron chi connectivity index (χ4n) is 2.60. The molecule has 144 valence electrons. The summed E-state index contributed by atoms with van der Waals surface area (Å²) in [4.78, 5) is 45.9. The number of carbonyl (C=O) groups is 2. The number of aromatic amines is 1. The van der Waals surface area contributed by atoms with Gasteiger partial charge in [-0.1, -0.05) is 13.8 Å². The number of nitrogens with zero attached hydrogens (tertiary/aromatic N) is 3. The number of esters is 1. The molecule has 0 aliphatic heterocycles. The SMILES string of the molecule is CC(=O)OC[C@]1(CO)C/C1=C/n1cnc2c(=O)[nH]c(NC(=O)C(C)C)nc21. The van der Waals surface area contributed by atoms with Crippen LogP contribution in [0, 0.1) is 11.3 Å². The van der Waals surface area contributed by atoms with Gasteiger partial charge in [0.25, 0.3) is 5.56 Å². The number of carbonyl (C=O) groups excluding carboxylic acids is 2. The number of hydrogen-bond acceptors (Lipinski definition) is 7. The van der Waals surface area contributed by atoms with Gasteiger partial charge in [-0.05, 0) is 12.0 Å². The van der Waals surface area contributed by atoms with Crippen LogP contribution in [-0.2, 0) is 14.3 Å². The van der Waals surface area contributed by atoms with Crippen molar-refractivity contribution in [2.75, 3.05) is 18.5 Å². The molecule has 3 N–H and O–H groups in total. The summed E-state index contributed by atoms with van der Waals surface area (Å²) in [7, 11) is 0. The zero-order valence-electron chi connectivity index (χ0n) is 15.3. The maximum atomic E-state index is 12.2. The van der Waals surface area contributed by atoms with Gasteiger partial charge in [-0.25, -0.2) is 4.98 Å². The third-order valence-electron chi connectivity index (χ3n) is 4.43. The lowest BCUT2D eigenvalue weighted by Gasteiger charge is -2.10. The molecular formula is C17H21N5O5. The lowest BCUT2D eigenvalue weighted by Crippen LogP contribution is -2.22. The molecule has 0 bridgehead atoms. The van der Waals surface area contributed by atoms with Crippen molar-refractivity contribution in [1.29, 1.82) is 0 Å². The number of hydrogen-bond donors (Lipinski definition) is 3. The number of ether oxygens (including phenoxy) is 1. The summed E-state index contributed by atoms with van der Waals surface area (Å²) in [5.41, 5.74) is 0.167. The molecule has 1 atom stereocenters. The van der Waals surface area contributed by atoms with Gasteiger partial charge >= 0.3 is 5.97 Å². The van der Waals surface area contributed by atoms with Crippen LogP contribution in [0.3, 0.4) is 0 Å². The lowest BCUT2D eigenvalue weighted by molar-refractivity contribution is -0.143. The van der Waals surface area contributed by atoms with E-state index < -0.39 is 16.9 Å². The molecule has 1 saturated carbocycles. The average molecular weight is 375 g/mol. The number of imidazole rings is 1. The Bertz CT molecular complexity index is 989. The van der Waals surface area contributed by atoms with Crippen molar-refractivity contribution >= 4 is 35.2 Å². The molecule has 2 aromatic rings. The minimum atomic E-state index is -0.613. The van der Waals surface area contributed by atoms with E-state index >= 15 is 0 Å². The van der Waals surface area contributed by atoms with Crippen molar-refractivity contribution in [1.82, 2.24) is 19.5 Å². The number of aliphatic hydroxyl groups is 1. The quantitative estimate of drug-likeness (QED) is 0.625. The maximum Gasteiger partial charge on any atom is 0.302 e. The van der Waals surface area contributed by atoms with Crippen molar-refractivity contribution in [3.8, 4) is 0 Å². The van der Waals surface area contributed by atoms with E-state index in [1.54, 1.807) is 24.6 Å². The van der Waals surface area contributed by atoms with Crippen LogP contribution in [0.4, 0.5) is 5.95 Å². The highest BCUT2D eigenvalue weighted by molar-refractivity contribution is 5.91. The highest BCUT2D eigenvalue weighted by atomic mass is 16.5. The number of aliphatic hydroxyl groups excluding tert-OH is 1. The highest BCUT2D eigenvalue weighted by Gasteiger charge is 2.49. The molecule has 1 fully saturated rings. The molecule has 2 heterocycles. The molecule has 0 unspecified atom stereocenters. The van der Waals surface area contributed by atoms with E-state index in [2.05, 4.69) is 20.3 Å². The molecule has 27 heavy (non-hydrogen) atoms. The first kappa shape index (κ1) is 18.8. The standard InChI is InChI=1S/C17H21N5O5/c1-9(2)14(25)20-16-19-13-12(15(26)21-16)18-8-22(13)5-11-4-17(11,6-23)7-27-10(3)24/h5,8-9,23H,4,6-7H2,1-3H3,(H2,19,20,21,25,26)/b11-5-/t17-/m1/s1. The van der Waals surface area contributed by atoms with Gasteiger partial charge < -0.3 is 9.84 Å². The minimum Gasteiger partial charge on any atom is -0.465 e. The van der Waals surface area contributed by atoms with Gasteiger partial charge in [0.15, 0.2) is 11.2 Å². The molecule has 10 nitrogen and oxygen atoms in total. The Morgan fingerprint density at radius 2 is 2.26 bits per heavy atom. The topological polar surface area (TPSA) is 139 Å². The van der Waals surface area contributed by atoms with E-state index in [4.69, 9.17) is 4.74 Å². The van der Waals surface area contributed by atoms with Gasteiger partial charge in [0.1, 0.15) is 12.9 Å². The Labute approximate surface area is 154 Å². The number of H-pyrrole nitrogens is 1. The van der Waals surface area contributed by atoms with Crippen LogP contribution < -0.4 is 10.9 Å². The summed E-state index contributed by atoms with van der Waals surface area (Å²) in [5.74, 6) is -0.919. The molecule has 2 aromatic heterocycles. The Morgan fingerprint density at radius 3 is 2.89 bits per heavy atom. The Hall–Kier alpha value is -3.01. The Kier molecular flexibility index (Phi) is 4.83. The van der Waals surface area contributed by atoms with E-state index in [0.29, 0.717) is 6.42 Å². The minimum absolute atomic E-state index is 0.0375. The molecule has 1 aliphatic rings. The average Bonchev–Trinajstić information content (AvgIpc) is 3.15. The maximum absolute atomic E-state index is 12.2. The lowest BCUT2D eigenvalue weighted by atomic mass is 10.1. The van der Waals surface area contributed by atoms with Crippen molar-refractivity contribution < 1.29 is 19.4 Å². The van der Waals surface area contributed by atoms with Gasteiger partial charge in [-0.15, -0.1) is 0 Å². The van der Waals surface area contributed by atoms with Gasteiger partial charge in [-0.2, -0.15) is 4.98 Å². The first-order valence-corrected chi connectivity index (χ1v) is 8.49. The van der Waals surface area contributed by atoms with E-state index in [9.17, 15) is 19.5 Å². The third-order valence-corrected chi connectivity index (χ3v) is 4.43. The second-order valence-electron chi connectivity index (χ2n) is 6.93. The number of anilines is 1. The third kappa shape index (κ3) is 3.75. The second kappa shape index (κ2) is 6.95. The van der Waals surface area contributed by atoms with Crippen LogP contribution in [0.15, 0.2) is 16.7 Å². The van der Waals surface area contributed by atoms with Crippen LogP contribution >= 0.6 is 0 Å². The van der Waals surface area contributed by atoms with Gasteiger partial charge in [0, 0.05) is 19.0 Å².